The summed E-state index contributed by atoms with van der Waals surface area (Å²) in [5.74, 6) is -0.129. The van der Waals surface area contributed by atoms with Gasteiger partial charge in [-0.2, -0.15) is 0 Å². The summed E-state index contributed by atoms with van der Waals surface area (Å²) in [5.41, 5.74) is 1.99. The fourth-order valence-corrected chi connectivity index (χ4v) is 2.73. The third-order valence-electron chi connectivity index (χ3n) is 3.90. The van der Waals surface area contributed by atoms with E-state index in [0.29, 0.717) is 56.8 Å². The molecule has 1 aliphatic rings. The van der Waals surface area contributed by atoms with Crippen molar-refractivity contribution < 1.29 is 19.7 Å². The molecule has 0 aromatic heterocycles. The minimum atomic E-state index is -0.207. The maximum Gasteiger partial charge on any atom is 0.268 e. The van der Waals surface area contributed by atoms with Gasteiger partial charge in [0.05, 0.1) is 19.8 Å². The van der Waals surface area contributed by atoms with Gasteiger partial charge in [-0.25, -0.2) is 5.01 Å². The molecule has 0 bridgehead atoms. The van der Waals surface area contributed by atoms with Crippen LogP contribution in [0, 0.1) is 6.92 Å². The van der Waals surface area contributed by atoms with E-state index in [2.05, 4.69) is 6.92 Å². The highest BCUT2D eigenvalue weighted by atomic mass is 16.5. The van der Waals surface area contributed by atoms with E-state index in [4.69, 9.17) is 9.84 Å². The second-order valence-electron chi connectivity index (χ2n) is 5.47. The Kier molecular flexibility index (Phi) is 6.98. The Morgan fingerprint density at radius 2 is 2.04 bits per heavy atom. The lowest BCUT2D eigenvalue weighted by Gasteiger charge is -2.37. The number of amides is 1. The van der Waals surface area contributed by atoms with Gasteiger partial charge in [-0.15, -0.1) is 0 Å². The highest BCUT2D eigenvalue weighted by Gasteiger charge is 2.25. The van der Waals surface area contributed by atoms with Crippen LogP contribution in [0.25, 0.3) is 0 Å². The van der Waals surface area contributed by atoms with Crippen molar-refractivity contribution in [3.63, 3.8) is 0 Å². The van der Waals surface area contributed by atoms with E-state index < -0.39 is 0 Å². The number of ether oxygens (including phenoxy) is 1. The molecule has 0 spiro atoms. The zero-order valence-electron chi connectivity index (χ0n) is 13.4. The van der Waals surface area contributed by atoms with E-state index in [9.17, 15) is 9.90 Å². The van der Waals surface area contributed by atoms with Crippen molar-refractivity contribution in [3.05, 3.63) is 41.8 Å². The minimum absolute atomic E-state index is 0.0412. The molecule has 6 nitrogen and oxygen atoms in total. The zero-order valence-corrected chi connectivity index (χ0v) is 13.4. The molecule has 2 rings (SSSR count). The quantitative estimate of drug-likeness (QED) is 0.770. The SMILES string of the molecule is [CH2]CCN(C(=O)c1ccc(CCO)cc1CO)N1CCOCC1. The predicted octanol–water partition coefficient (Wildman–Crippen LogP) is 0.627. The average molecular weight is 321 g/mol. The van der Waals surface area contributed by atoms with Gasteiger partial charge in [0.2, 0.25) is 0 Å². The fourth-order valence-electron chi connectivity index (χ4n) is 2.73. The van der Waals surface area contributed by atoms with Gasteiger partial charge in [-0.1, -0.05) is 19.1 Å². The van der Waals surface area contributed by atoms with Gasteiger partial charge in [0.1, 0.15) is 0 Å². The first-order valence-electron chi connectivity index (χ1n) is 7.98. The summed E-state index contributed by atoms with van der Waals surface area (Å²) >= 11 is 0. The van der Waals surface area contributed by atoms with E-state index in [1.54, 1.807) is 17.1 Å². The topological polar surface area (TPSA) is 73.2 Å². The van der Waals surface area contributed by atoms with Crippen molar-refractivity contribution in [3.8, 4) is 0 Å². The number of rotatable bonds is 7. The molecule has 2 N–H and O–H groups in total. The van der Waals surface area contributed by atoms with Crippen LogP contribution in [0.5, 0.6) is 0 Å². The number of aliphatic hydroxyl groups is 2. The molecule has 0 saturated carbocycles. The van der Waals surface area contributed by atoms with Crippen molar-refractivity contribution in [2.24, 2.45) is 0 Å². The van der Waals surface area contributed by atoms with E-state index in [1.807, 2.05) is 11.1 Å². The summed E-state index contributed by atoms with van der Waals surface area (Å²) in [5, 5.41) is 22.3. The summed E-state index contributed by atoms with van der Waals surface area (Å²) < 4.78 is 5.34. The molecule has 0 unspecified atom stereocenters. The van der Waals surface area contributed by atoms with E-state index in [-0.39, 0.29) is 19.1 Å². The van der Waals surface area contributed by atoms with Gasteiger partial charge >= 0.3 is 0 Å². The third-order valence-corrected chi connectivity index (χ3v) is 3.90. The fraction of sp³-hybridized carbons (Fsp3) is 0.529. The van der Waals surface area contributed by atoms with Gasteiger partial charge in [-0.05, 0) is 30.0 Å². The molecule has 1 aromatic rings. The van der Waals surface area contributed by atoms with Gasteiger partial charge in [0.15, 0.2) is 0 Å². The van der Waals surface area contributed by atoms with Crippen LogP contribution in [0.1, 0.15) is 27.9 Å². The Morgan fingerprint density at radius 3 is 2.65 bits per heavy atom. The smallest absolute Gasteiger partial charge is 0.268 e. The van der Waals surface area contributed by atoms with Crippen molar-refractivity contribution >= 4 is 5.91 Å². The van der Waals surface area contributed by atoms with Crippen LogP contribution in [0.2, 0.25) is 0 Å². The molecule has 1 saturated heterocycles. The average Bonchev–Trinajstić information content (AvgIpc) is 2.60. The molecular weight excluding hydrogens is 296 g/mol. The zero-order chi connectivity index (χ0) is 16.7. The molecule has 1 heterocycles. The van der Waals surface area contributed by atoms with Crippen molar-refractivity contribution in [1.29, 1.82) is 0 Å². The van der Waals surface area contributed by atoms with E-state index in [1.165, 1.54) is 0 Å². The number of hydrogen-bond acceptors (Lipinski definition) is 5. The first-order valence-corrected chi connectivity index (χ1v) is 7.98. The molecule has 1 amide bonds. The molecule has 1 aromatic carbocycles. The second-order valence-corrected chi connectivity index (χ2v) is 5.47. The number of nitrogens with zero attached hydrogens (tertiary/aromatic N) is 2. The lowest BCUT2D eigenvalue weighted by Crippen LogP contribution is -2.52. The number of morpholine rings is 1. The molecule has 23 heavy (non-hydrogen) atoms. The Bertz CT molecular complexity index is 515. The van der Waals surface area contributed by atoms with Gasteiger partial charge in [0.25, 0.3) is 5.91 Å². The Labute approximate surface area is 137 Å². The van der Waals surface area contributed by atoms with Gasteiger partial charge < -0.3 is 14.9 Å². The monoisotopic (exact) mass is 321 g/mol. The first-order chi connectivity index (χ1) is 11.2. The number of hydrogen-bond donors (Lipinski definition) is 2. The maximum atomic E-state index is 12.9. The second kappa shape index (κ2) is 8.98. The standard InChI is InChI=1S/C17H25N2O4/c1-2-6-19(18-7-10-23-11-8-18)17(22)16-4-3-14(5-9-20)12-15(16)13-21/h3-4,12,20-21H,1-2,5-11,13H2. The summed E-state index contributed by atoms with van der Waals surface area (Å²) in [4.78, 5) is 12.9. The molecule has 0 atom stereocenters. The molecule has 6 heteroatoms. The Balaban J connectivity index is 2.24. The molecule has 1 aliphatic heterocycles. The molecular formula is C17H25N2O4. The Hall–Kier alpha value is -1.47. The highest BCUT2D eigenvalue weighted by Crippen LogP contribution is 2.17. The summed E-state index contributed by atoms with van der Waals surface area (Å²) in [6.07, 6.45) is 1.12. The summed E-state index contributed by atoms with van der Waals surface area (Å²) in [6.45, 7) is 6.75. The maximum absolute atomic E-state index is 12.9. The molecule has 0 aliphatic carbocycles. The first kappa shape index (κ1) is 17.9. The Morgan fingerprint density at radius 1 is 1.30 bits per heavy atom. The van der Waals surface area contributed by atoms with Gasteiger partial charge in [0, 0.05) is 31.8 Å². The molecule has 127 valence electrons. The normalized spacial score (nSPS) is 15.6. The number of carbonyl (C=O) groups is 1. The molecule has 1 fully saturated rings. The van der Waals surface area contributed by atoms with E-state index in [0.717, 1.165) is 5.56 Å². The van der Waals surface area contributed by atoms with Crippen molar-refractivity contribution in [1.82, 2.24) is 10.0 Å². The lowest BCUT2D eigenvalue weighted by molar-refractivity contribution is -0.0692. The van der Waals surface area contributed by atoms with Crippen molar-refractivity contribution in [2.45, 2.75) is 19.4 Å². The van der Waals surface area contributed by atoms with Crippen LogP contribution in [0.15, 0.2) is 18.2 Å². The summed E-state index contributed by atoms with van der Waals surface area (Å²) in [6, 6.07) is 5.34. The van der Waals surface area contributed by atoms with Crippen LogP contribution < -0.4 is 0 Å². The van der Waals surface area contributed by atoms with Crippen LogP contribution in [0.4, 0.5) is 0 Å². The van der Waals surface area contributed by atoms with Gasteiger partial charge in [-0.3, -0.25) is 9.80 Å². The lowest BCUT2D eigenvalue weighted by atomic mass is 10.0. The van der Waals surface area contributed by atoms with E-state index >= 15 is 0 Å². The largest absolute Gasteiger partial charge is 0.396 e. The number of benzene rings is 1. The molecule has 1 radical (unpaired) electrons. The van der Waals surface area contributed by atoms with Crippen LogP contribution in [-0.2, 0) is 17.8 Å². The van der Waals surface area contributed by atoms with Crippen LogP contribution in [0.3, 0.4) is 0 Å². The third kappa shape index (κ3) is 4.51. The predicted molar refractivity (Wildman–Crippen MR) is 86.6 cm³/mol. The minimum Gasteiger partial charge on any atom is -0.396 e. The number of hydrazine groups is 1. The van der Waals surface area contributed by atoms with Crippen molar-refractivity contribution in [2.75, 3.05) is 39.5 Å². The summed E-state index contributed by atoms with van der Waals surface area (Å²) in [7, 11) is 0. The van der Waals surface area contributed by atoms with Crippen LogP contribution >= 0.6 is 0 Å². The number of aliphatic hydroxyl groups excluding tert-OH is 2. The van der Waals surface area contributed by atoms with Crippen LogP contribution in [-0.4, -0.2) is 65.6 Å². The highest BCUT2D eigenvalue weighted by molar-refractivity contribution is 5.95. The number of carbonyl (C=O) groups excluding carboxylic acids is 1.